The summed E-state index contributed by atoms with van der Waals surface area (Å²) in [5, 5.41) is 11.3. The van der Waals surface area contributed by atoms with Gasteiger partial charge in [0.1, 0.15) is 5.76 Å². The van der Waals surface area contributed by atoms with Crippen molar-refractivity contribution >= 4 is 34.5 Å². The molecule has 1 N–H and O–H groups in total. The van der Waals surface area contributed by atoms with Crippen molar-refractivity contribution in [3.8, 4) is 0 Å². The standard InChI is InChI=1S/C30H33N3O3/c1-6-32(7-2)24-14-12-21(13-15-24)27-26(28(34)22-10-8-20(3)9-11-22)29(35)30(36)33(27)25-18-16-23(17-19-25)31(4)5/h8-19,27,34H,6-7H2,1-5H3/b28-26+. The van der Waals surface area contributed by atoms with Crippen LogP contribution in [0.5, 0.6) is 0 Å². The van der Waals surface area contributed by atoms with E-state index in [1.54, 1.807) is 12.1 Å². The van der Waals surface area contributed by atoms with Gasteiger partial charge in [-0.05, 0) is 62.7 Å². The number of rotatable bonds is 7. The molecule has 0 saturated carbocycles. The molecular weight excluding hydrogens is 450 g/mol. The number of anilines is 3. The van der Waals surface area contributed by atoms with E-state index < -0.39 is 17.7 Å². The highest BCUT2D eigenvalue weighted by molar-refractivity contribution is 6.51. The van der Waals surface area contributed by atoms with Crippen LogP contribution in [0.3, 0.4) is 0 Å². The van der Waals surface area contributed by atoms with Gasteiger partial charge in [0.2, 0.25) is 0 Å². The van der Waals surface area contributed by atoms with E-state index in [4.69, 9.17) is 0 Å². The first-order valence-electron chi connectivity index (χ1n) is 12.3. The molecule has 0 aliphatic carbocycles. The molecule has 1 fully saturated rings. The lowest BCUT2D eigenvalue weighted by Crippen LogP contribution is -2.29. The minimum Gasteiger partial charge on any atom is -0.507 e. The highest BCUT2D eigenvalue weighted by Gasteiger charge is 2.47. The van der Waals surface area contributed by atoms with E-state index in [1.807, 2.05) is 86.6 Å². The molecule has 0 aromatic heterocycles. The SMILES string of the molecule is CCN(CC)c1ccc(C2/C(=C(\O)c3ccc(C)cc3)C(=O)C(=O)N2c2ccc(N(C)C)cc2)cc1. The van der Waals surface area contributed by atoms with Crippen molar-refractivity contribution in [2.24, 2.45) is 0 Å². The van der Waals surface area contributed by atoms with E-state index >= 15 is 0 Å². The lowest BCUT2D eigenvalue weighted by Gasteiger charge is -2.27. The van der Waals surface area contributed by atoms with Gasteiger partial charge in [-0.1, -0.05) is 42.0 Å². The summed E-state index contributed by atoms with van der Waals surface area (Å²) in [7, 11) is 3.89. The van der Waals surface area contributed by atoms with Gasteiger partial charge in [0.25, 0.3) is 11.7 Å². The Morgan fingerprint density at radius 2 is 1.39 bits per heavy atom. The molecule has 6 heteroatoms. The Morgan fingerprint density at radius 1 is 0.833 bits per heavy atom. The second-order valence-corrected chi connectivity index (χ2v) is 9.21. The number of carbonyl (C=O) groups is 2. The Balaban J connectivity index is 1.87. The molecule has 1 unspecified atom stereocenters. The molecule has 1 saturated heterocycles. The van der Waals surface area contributed by atoms with Crippen LogP contribution in [0.4, 0.5) is 17.1 Å². The Hall–Kier alpha value is -4.06. The second-order valence-electron chi connectivity index (χ2n) is 9.21. The molecule has 1 amide bonds. The number of aliphatic hydroxyl groups excluding tert-OH is 1. The van der Waals surface area contributed by atoms with Crippen LogP contribution in [0.1, 0.15) is 36.6 Å². The van der Waals surface area contributed by atoms with Crippen LogP contribution in [0, 0.1) is 6.92 Å². The average molecular weight is 484 g/mol. The van der Waals surface area contributed by atoms with E-state index in [9.17, 15) is 14.7 Å². The lowest BCUT2D eigenvalue weighted by atomic mass is 9.94. The van der Waals surface area contributed by atoms with Gasteiger partial charge < -0.3 is 14.9 Å². The Labute approximate surface area is 213 Å². The number of amides is 1. The molecule has 1 aliphatic rings. The molecule has 36 heavy (non-hydrogen) atoms. The van der Waals surface area contributed by atoms with Crippen LogP contribution in [0.15, 0.2) is 78.4 Å². The van der Waals surface area contributed by atoms with Crippen LogP contribution >= 0.6 is 0 Å². The van der Waals surface area contributed by atoms with Crippen molar-refractivity contribution in [1.82, 2.24) is 0 Å². The largest absolute Gasteiger partial charge is 0.507 e. The first-order chi connectivity index (χ1) is 17.3. The van der Waals surface area contributed by atoms with Crippen molar-refractivity contribution < 1.29 is 14.7 Å². The number of Topliss-reactive ketones (excluding diaryl/α,β-unsaturated/α-hetero) is 1. The van der Waals surface area contributed by atoms with E-state index in [1.165, 1.54) is 4.90 Å². The van der Waals surface area contributed by atoms with Gasteiger partial charge in [-0.15, -0.1) is 0 Å². The third-order valence-corrected chi connectivity index (χ3v) is 6.75. The summed E-state index contributed by atoms with van der Waals surface area (Å²) in [5.41, 5.74) is 5.04. The molecule has 6 nitrogen and oxygen atoms in total. The molecule has 0 spiro atoms. The van der Waals surface area contributed by atoms with Crippen molar-refractivity contribution in [3.05, 3.63) is 95.1 Å². The predicted octanol–water partition coefficient (Wildman–Crippen LogP) is 5.53. The number of benzene rings is 3. The van der Waals surface area contributed by atoms with Crippen molar-refractivity contribution in [1.29, 1.82) is 0 Å². The van der Waals surface area contributed by atoms with Crippen LogP contribution in [0.2, 0.25) is 0 Å². The molecule has 3 aromatic rings. The Kier molecular flexibility index (Phi) is 7.15. The zero-order valence-corrected chi connectivity index (χ0v) is 21.5. The van der Waals surface area contributed by atoms with Crippen LogP contribution in [-0.4, -0.2) is 44.0 Å². The smallest absolute Gasteiger partial charge is 0.300 e. The quantitative estimate of drug-likeness (QED) is 0.272. The molecular formula is C30H33N3O3. The third-order valence-electron chi connectivity index (χ3n) is 6.75. The summed E-state index contributed by atoms with van der Waals surface area (Å²) < 4.78 is 0. The van der Waals surface area contributed by atoms with Gasteiger partial charge in [-0.2, -0.15) is 0 Å². The highest BCUT2D eigenvalue weighted by atomic mass is 16.3. The number of carbonyl (C=O) groups excluding carboxylic acids is 2. The monoisotopic (exact) mass is 483 g/mol. The number of hydrogen-bond acceptors (Lipinski definition) is 5. The van der Waals surface area contributed by atoms with Crippen LogP contribution in [0.25, 0.3) is 5.76 Å². The third kappa shape index (κ3) is 4.59. The Bertz CT molecular complexity index is 1270. The van der Waals surface area contributed by atoms with Crippen molar-refractivity contribution in [2.45, 2.75) is 26.8 Å². The van der Waals surface area contributed by atoms with Crippen LogP contribution < -0.4 is 14.7 Å². The predicted molar refractivity (Wildman–Crippen MR) is 147 cm³/mol. The first kappa shape index (κ1) is 25.0. The van der Waals surface area contributed by atoms with Gasteiger partial charge in [-0.25, -0.2) is 0 Å². The lowest BCUT2D eigenvalue weighted by molar-refractivity contribution is -0.132. The maximum Gasteiger partial charge on any atom is 0.300 e. The molecule has 3 aromatic carbocycles. The Morgan fingerprint density at radius 3 is 1.92 bits per heavy atom. The van der Waals surface area contributed by atoms with Gasteiger partial charge >= 0.3 is 0 Å². The number of aryl methyl sites for hydroxylation is 1. The van der Waals surface area contributed by atoms with Gasteiger partial charge in [0.15, 0.2) is 0 Å². The van der Waals surface area contributed by atoms with Crippen molar-refractivity contribution in [3.63, 3.8) is 0 Å². The summed E-state index contributed by atoms with van der Waals surface area (Å²) in [5.74, 6) is -1.51. The topological polar surface area (TPSA) is 64.1 Å². The molecule has 0 bridgehead atoms. The fourth-order valence-corrected chi connectivity index (χ4v) is 4.65. The summed E-state index contributed by atoms with van der Waals surface area (Å²) in [4.78, 5) is 32.5. The van der Waals surface area contributed by atoms with Gasteiger partial charge in [0, 0.05) is 49.8 Å². The first-order valence-corrected chi connectivity index (χ1v) is 12.3. The minimum absolute atomic E-state index is 0.0936. The van der Waals surface area contributed by atoms with Crippen LogP contribution in [-0.2, 0) is 9.59 Å². The zero-order chi connectivity index (χ0) is 26.0. The van der Waals surface area contributed by atoms with Crippen molar-refractivity contribution in [2.75, 3.05) is 41.9 Å². The maximum absolute atomic E-state index is 13.4. The van der Waals surface area contributed by atoms with Gasteiger partial charge in [0.05, 0.1) is 11.6 Å². The molecule has 1 heterocycles. The van der Waals surface area contributed by atoms with E-state index in [0.29, 0.717) is 11.3 Å². The summed E-state index contributed by atoms with van der Waals surface area (Å²) >= 11 is 0. The number of aliphatic hydroxyl groups is 1. The fraction of sp³-hybridized carbons (Fsp3) is 0.267. The van der Waals surface area contributed by atoms with E-state index in [2.05, 4.69) is 18.7 Å². The average Bonchev–Trinajstić information content (AvgIpc) is 3.15. The number of nitrogens with zero attached hydrogens (tertiary/aromatic N) is 3. The fourth-order valence-electron chi connectivity index (χ4n) is 4.65. The molecule has 186 valence electrons. The molecule has 0 radical (unpaired) electrons. The second kappa shape index (κ2) is 10.3. The van der Waals surface area contributed by atoms with Gasteiger partial charge in [-0.3, -0.25) is 14.5 Å². The number of hydrogen-bond donors (Lipinski definition) is 1. The molecule has 1 aliphatic heterocycles. The summed E-state index contributed by atoms with van der Waals surface area (Å²) in [6.45, 7) is 7.91. The van der Waals surface area contributed by atoms with E-state index in [0.717, 1.165) is 35.6 Å². The zero-order valence-electron chi connectivity index (χ0n) is 21.5. The normalized spacial score (nSPS) is 16.9. The minimum atomic E-state index is -0.748. The molecule has 1 atom stereocenters. The summed E-state index contributed by atoms with van der Waals surface area (Å²) in [6, 6.07) is 21.9. The summed E-state index contributed by atoms with van der Waals surface area (Å²) in [6.07, 6.45) is 0. The number of ketones is 1. The highest BCUT2D eigenvalue weighted by Crippen LogP contribution is 2.42. The maximum atomic E-state index is 13.4. The van der Waals surface area contributed by atoms with E-state index in [-0.39, 0.29) is 11.3 Å². The molecule has 4 rings (SSSR count).